The zero-order valence-corrected chi connectivity index (χ0v) is 15.8. The molecule has 2 aliphatic carbocycles. The van der Waals surface area contributed by atoms with Gasteiger partial charge in [-0.3, -0.25) is 0 Å². The Morgan fingerprint density at radius 1 is 1.39 bits per heavy atom. The van der Waals surface area contributed by atoms with Crippen LogP contribution in [0.25, 0.3) is 0 Å². The van der Waals surface area contributed by atoms with Crippen LogP contribution in [0.1, 0.15) is 59.8 Å². The molecule has 2 rings (SSSR count). The molecule has 2 nitrogen and oxygen atoms in total. The number of rotatable bonds is 5. The maximum atomic E-state index is 11.0. The van der Waals surface area contributed by atoms with E-state index < -0.39 is 11.0 Å². The highest BCUT2D eigenvalue weighted by molar-refractivity contribution is 6.23. The third-order valence-electron chi connectivity index (χ3n) is 6.20. The molecule has 0 bridgehead atoms. The predicted octanol–water partition coefficient (Wildman–Crippen LogP) is 4.69. The third-order valence-corrected chi connectivity index (χ3v) is 6.45. The van der Waals surface area contributed by atoms with Crippen LogP contribution in [0.5, 0.6) is 0 Å². The zero-order valence-electron chi connectivity index (χ0n) is 15.1. The fraction of sp³-hybridized carbons (Fsp3) is 0.800. The number of aliphatic hydroxyl groups is 2. The predicted molar refractivity (Wildman–Crippen MR) is 97.6 cm³/mol. The lowest BCUT2D eigenvalue weighted by molar-refractivity contribution is 0.0251. The fourth-order valence-corrected chi connectivity index (χ4v) is 4.52. The Labute approximate surface area is 146 Å². The first-order valence-corrected chi connectivity index (χ1v) is 9.40. The minimum atomic E-state index is -0.591. The Hall–Kier alpha value is -0.310. The van der Waals surface area contributed by atoms with Gasteiger partial charge in [0.25, 0.3) is 0 Å². The van der Waals surface area contributed by atoms with E-state index in [2.05, 4.69) is 26.5 Å². The number of alkyl halides is 1. The van der Waals surface area contributed by atoms with Crippen LogP contribution in [-0.4, -0.2) is 27.3 Å². The second-order valence-corrected chi connectivity index (χ2v) is 9.28. The van der Waals surface area contributed by atoms with Gasteiger partial charge in [-0.05, 0) is 70.6 Å². The SMILES string of the molecule is C=C1CC[C@@H]([C@H](C)CC[C@H](O)C(C)(C)Cl)[C@@H](O)[C@@H]2C(C)=CC[C@@H]12. The molecule has 6 atom stereocenters. The second-order valence-electron chi connectivity index (χ2n) is 8.30. The molecule has 0 radical (unpaired) electrons. The molecule has 0 heterocycles. The van der Waals surface area contributed by atoms with Gasteiger partial charge in [-0.1, -0.05) is 30.7 Å². The molecule has 0 aromatic rings. The molecule has 1 fully saturated rings. The third kappa shape index (κ3) is 4.21. The first-order valence-electron chi connectivity index (χ1n) is 9.02. The van der Waals surface area contributed by atoms with Crippen molar-refractivity contribution in [2.45, 2.75) is 76.9 Å². The zero-order chi connectivity index (χ0) is 17.4. The number of fused-ring (bicyclic) bond motifs is 1. The Bertz CT molecular complexity index is 463. The van der Waals surface area contributed by atoms with Crippen LogP contribution in [0.3, 0.4) is 0 Å². The molecule has 0 aliphatic heterocycles. The van der Waals surface area contributed by atoms with E-state index >= 15 is 0 Å². The van der Waals surface area contributed by atoms with Gasteiger partial charge in [-0.25, -0.2) is 0 Å². The summed E-state index contributed by atoms with van der Waals surface area (Å²) in [6, 6.07) is 0. The molecular formula is C20H33ClO2. The lowest BCUT2D eigenvalue weighted by atomic mass is 9.76. The standard InChI is InChI=1S/C20H33ClO2/c1-12-6-10-16(13(2)8-11-17(22)20(4,5)21)19(23)18-14(3)7-9-15(12)18/h7,13,15-19,22-23H,1,6,8-11H2,2-5H3/t13-,15+,16+,17+,18-,19-/m1/s1. The normalized spacial score (nSPS) is 34.6. The van der Waals surface area contributed by atoms with Gasteiger partial charge in [-0.15, -0.1) is 11.6 Å². The number of halogens is 1. The molecule has 0 amide bonds. The van der Waals surface area contributed by atoms with Crippen LogP contribution in [0.4, 0.5) is 0 Å². The smallest absolute Gasteiger partial charge is 0.0726 e. The van der Waals surface area contributed by atoms with Gasteiger partial charge in [0.1, 0.15) is 0 Å². The molecule has 3 heteroatoms. The molecule has 0 aromatic heterocycles. The van der Waals surface area contributed by atoms with Crippen molar-refractivity contribution in [3.05, 3.63) is 23.8 Å². The Kier molecular flexibility index (Phi) is 6.03. The van der Waals surface area contributed by atoms with Crippen LogP contribution < -0.4 is 0 Å². The molecule has 1 saturated carbocycles. The van der Waals surface area contributed by atoms with Crippen molar-refractivity contribution >= 4 is 11.6 Å². The van der Waals surface area contributed by atoms with Crippen LogP contribution in [-0.2, 0) is 0 Å². The highest BCUT2D eigenvalue weighted by Crippen LogP contribution is 2.47. The van der Waals surface area contributed by atoms with Crippen molar-refractivity contribution in [3.8, 4) is 0 Å². The minimum Gasteiger partial charge on any atom is -0.392 e. The molecule has 132 valence electrons. The second kappa shape index (κ2) is 7.29. The average Bonchev–Trinajstić information content (AvgIpc) is 2.79. The van der Waals surface area contributed by atoms with Gasteiger partial charge in [0.2, 0.25) is 0 Å². The van der Waals surface area contributed by atoms with Crippen LogP contribution in [0.2, 0.25) is 0 Å². The molecule has 0 spiro atoms. The molecule has 2 N–H and O–H groups in total. The highest BCUT2D eigenvalue weighted by atomic mass is 35.5. The summed E-state index contributed by atoms with van der Waals surface area (Å²) in [6.45, 7) is 12.3. The Balaban J connectivity index is 2.03. The van der Waals surface area contributed by atoms with Gasteiger partial charge in [-0.2, -0.15) is 0 Å². The molecule has 2 aliphatic rings. The van der Waals surface area contributed by atoms with Crippen molar-refractivity contribution in [1.82, 2.24) is 0 Å². The summed E-state index contributed by atoms with van der Waals surface area (Å²) < 4.78 is 0. The van der Waals surface area contributed by atoms with Crippen molar-refractivity contribution in [1.29, 1.82) is 0 Å². The maximum Gasteiger partial charge on any atom is 0.0726 e. The summed E-state index contributed by atoms with van der Waals surface area (Å²) in [5.74, 6) is 1.31. The summed E-state index contributed by atoms with van der Waals surface area (Å²) in [4.78, 5) is -0.591. The van der Waals surface area contributed by atoms with Gasteiger partial charge in [0, 0.05) is 5.92 Å². The Morgan fingerprint density at radius 2 is 2.04 bits per heavy atom. The largest absolute Gasteiger partial charge is 0.392 e. The van der Waals surface area contributed by atoms with Crippen LogP contribution in [0.15, 0.2) is 23.8 Å². The lowest BCUT2D eigenvalue weighted by Crippen LogP contribution is -2.35. The van der Waals surface area contributed by atoms with Crippen molar-refractivity contribution in [3.63, 3.8) is 0 Å². The summed E-state index contributed by atoms with van der Waals surface area (Å²) in [6.07, 6.45) is 6.10. The summed E-state index contributed by atoms with van der Waals surface area (Å²) >= 11 is 6.20. The van der Waals surface area contributed by atoms with Crippen molar-refractivity contribution in [2.24, 2.45) is 23.7 Å². The molecule has 0 saturated heterocycles. The monoisotopic (exact) mass is 340 g/mol. The van der Waals surface area contributed by atoms with E-state index in [4.69, 9.17) is 11.6 Å². The van der Waals surface area contributed by atoms with Crippen molar-refractivity contribution < 1.29 is 10.2 Å². The van der Waals surface area contributed by atoms with E-state index in [0.717, 1.165) is 25.7 Å². The van der Waals surface area contributed by atoms with E-state index in [9.17, 15) is 10.2 Å². The average molecular weight is 341 g/mol. The number of hydrogen-bond donors (Lipinski definition) is 2. The highest BCUT2D eigenvalue weighted by Gasteiger charge is 2.42. The molecule has 0 aromatic carbocycles. The van der Waals surface area contributed by atoms with Gasteiger partial charge in [0.15, 0.2) is 0 Å². The van der Waals surface area contributed by atoms with Crippen LogP contribution in [0, 0.1) is 23.7 Å². The van der Waals surface area contributed by atoms with E-state index in [1.165, 1.54) is 11.1 Å². The first-order chi connectivity index (χ1) is 10.6. The summed E-state index contributed by atoms with van der Waals surface area (Å²) in [7, 11) is 0. The summed E-state index contributed by atoms with van der Waals surface area (Å²) in [5.41, 5.74) is 2.63. The number of aliphatic hydroxyl groups excluding tert-OH is 2. The maximum absolute atomic E-state index is 11.0. The Morgan fingerprint density at radius 3 is 2.65 bits per heavy atom. The fourth-order valence-electron chi connectivity index (χ4n) is 4.41. The van der Waals surface area contributed by atoms with E-state index in [1.54, 1.807) is 0 Å². The molecular weight excluding hydrogens is 308 g/mol. The van der Waals surface area contributed by atoms with Gasteiger partial charge in [0.05, 0.1) is 17.1 Å². The summed E-state index contributed by atoms with van der Waals surface area (Å²) in [5, 5.41) is 21.2. The topological polar surface area (TPSA) is 40.5 Å². The van der Waals surface area contributed by atoms with Gasteiger partial charge < -0.3 is 10.2 Å². The van der Waals surface area contributed by atoms with E-state index in [-0.39, 0.29) is 17.9 Å². The van der Waals surface area contributed by atoms with E-state index in [0.29, 0.717) is 18.3 Å². The first kappa shape index (κ1) is 19.0. The lowest BCUT2D eigenvalue weighted by Gasteiger charge is -2.33. The van der Waals surface area contributed by atoms with E-state index in [1.807, 2.05) is 13.8 Å². The van der Waals surface area contributed by atoms with Crippen LogP contribution >= 0.6 is 11.6 Å². The quantitative estimate of drug-likeness (QED) is 0.563. The van der Waals surface area contributed by atoms with Crippen molar-refractivity contribution in [2.75, 3.05) is 0 Å². The van der Waals surface area contributed by atoms with Gasteiger partial charge >= 0.3 is 0 Å². The molecule has 23 heavy (non-hydrogen) atoms. The number of hydrogen-bond acceptors (Lipinski definition) is 2. The minimum absolute atomic E-state index is 0.242. The number of allylic oxidation sites excluding steroid dienone is 2. The molecule has 0 unspecified atom stereocenters.